The molecule has 2 aromatic rings. The summed E-state index contributed by atoms with van der Waals surface area (Å²) in [5.74, 6) is 0.563. The number of thiophene rings is 1. The van der Waals surface area contributed by atoms with Crippen LogP contribution >= 0.6 is 34.5 Å². The molecule has 0 amide bonds. The molecule has 7 heteroatoms. The fourth-order valence-electron chi connectivity index (χ4n) is 1.30. The van der Waals surface area contributed by atoms with Crippen LogP contribution in [0.2, 0.25) is 9.62 Å². The van der Waals surface area contributed by atoms with Crippen LogP contribution < -0.4 is 11.1 Å². The van der Waals surface area contributed by atoms with Gasteiger partial charge in [0.15, 0.2) is 5.82 Å². The third-order valence-corrected chi connectivity index (χ3v) is 3.55. The van der Waals surface area contributed by atoms with Crippen molar-refractivity contribution in [2.75, 3.05) is 17.6 Å². The average Bonchev–Trinajstić information content (AvgIpc) is 2.69. The van der Waals surface area contributed by atoms with Crippen LogP contribution in [-0.2, 0) is 6.42 Å². The third kappa shape index (κ3) is 3.46. The molecule has 3 N–H and O–H groups in total. The second kappa shape index (κ2) is 5.53. The van der Waals surface area contributed by atoms with Crippen molar-refractivity contribution in [1.82, 2.24) is 9.97 Å². The van der Waals surface area contributed by atoms with Gasteiger partial charge >= 0.3 is 0 Å². The largest absolute Gasteiger partial charge is 0.394 e. The summed E-state index contributed by atoms with van der Waals surface area (Å²) >= 11 is 13.1. The Morgan fingerprint density at radius 1 is 1.35 bits per heavy atom. The van der Waals surface area contributed by atoms with Gasteiger partial charge in [-0.1, -0.05) is 11.6 Å². The standard InChI is InChI=1S/C10H10Cl2N4S/c11-8-2-1-6(17-8)3-4-14-9-7(13)5-15-10(12)16-9/h1-2,5H,3-4,13H2,(H,14,15,16). The minimum absolute atomic E-state index is 0.181. The molecule has 17 heavy (non-hydrogen) atoms. The van der Waals surface area contributed by atoms with Crippen LogP contribution in [0.4, 0.5) is 11.5 Å². The van der Waals surface area contributed by atoms with Crippen molar-refractivity contribution in [2.24, 2.45) is 0 Å². The normalized spacial score (nSPS) is 10.5. The predicted octanol–water partition coefficient (Wildman–Crippen LogP) is 3.08. The van der Waals surface area contributed by atoms with Crippen LogP contribution in [0.1, 0.15) is 4.88 Å². The Morgan fingerprint density at radius 3 is 2.88 bits per heavy atom. The van der Waals surface area contributed by atoms with E-state index >= 15 is 0 Å². The van der Waals surface area contributed by atoms with Crippen molar-refractivity contribution in [3.8, 4) is 0 Å². The molecule has 0 fully saturated rings. The van der Waals surface area contributed by atoms with E-state index in [4.69, 9.17) is 28.9 Å². The predicted molar refractivity (Wildman–Crippen MR) is 73.0 cm³/mol. The molecular formula is C10H10Cl2N4S. The first kappa shape index (κ1) is 12.4. The molecule has 0 saturated heterocycles. The van der Waals surface area contributed by atoms with Crippen molar-refractivity contribution in [1.29, 1.82) is 0 Å². The number of hydrogen-bond acceptors (Lipinski definition) is 5. The Morgan fingerprint density at radius 2 is 2.18 bits per heavy atom. The number of rotatable bonds is 4. The highest BCUT2D eigenvalue weighted by Crippen LogP contribution is 2.22. The summed E-state index contributed by atoms with van der Waals surface area (Å²) < 4.78 is 0.796. The van der Waals surface area contributed by atoms with Crippen LogP contribution in [0, 0.1) is 0 Å². The Labute approximate surface area is 113 Å². The number of nitrogens with two attached hydrogens (primary N) is 1. The molecule has 0 aliphatic heterocycles. The van der Waals surface area contributed by atoms with Crippen molar-refractivity contribution in [3.63, 3.8) is 0 Å². The van der Waals surface area contributed by atoms with E-state index in [2.05, 4.69) is 15.3 Å². The minimum Gasteiger partial charge on any atom is -0.394 e. The zero-order valence-electron chi connectivity index (χ0n) is 8.78. The van der Waals surface area contributed by atoms with Crippen LogP contribution in [0.15, 0.2) is 18.3 Å². The summed E-state index contributed by atoms with van der Waals surface area (Å²) in [7, 11) is 0. The van der Waals surface area contributed by atoms with E-state index in [9.17, 15) is 0 Å². The first-order valence-electron chi connectivity index (χ1n) is 4.91. The molecule has 2 rings (SSSR count). The number of aromatic nitrogens is 2. The van der Waals surface area contributed by atoms with Gasteiger partial charge in [0.05, 0.1) is 16.2 Å². The molecule has 2 heterocycles. The van der Waals surface area contributed by atoms with E-state index in [0.29, 0.717) is 18.1 Å². The molecule has 0 aromatic carbocycles. The monoisotopic (exact) mass is 288 g/mol. The number of anilines is 2. The van der Waals surface area contributed by atoms with Crippen molar-refractivity contribution < 1.29 is 0 Å². The first-order chi connectivity index (χ1) is 8.15. The van der Waals surface area contributed by atoms with Gasteiger partial charge in [-0.25, -0.2) is 4.98 Å². The SMILES string of the molecule is Nc1cnc(Cl)nc1NCCc1ccc(Cl)s1. The molecule has 0 bridgehead atoms. The molecule has 0 unspecified atom stereocenters. The molecule has 0 radical (unpaired) electrons. The maximum absolute atomic E-state index is 5.84. The maximum Gasteiger partial charge on any atom is 0.224 e. The van der Waals surface area contributed by atoms with Crippen molar-refractivity contribution in [3.05, 3.63) is 32.8 Å². The fraction of sp³-hybridized carbons (Fsp3) is 0.200. The molecular weight excluding hydrogens is 279 g/mol. The van der Waals surface area contributed by atoms with Crippen LogP contribution in [0.25, 0.3) is 0 Å². The Kier molecular flexibility index (Phi) is 4.04. The summed E-state index contributed by atoms with van der Waals surface area (Å²) in [5, 5.41) is 3.30. The second-order valence-electron chi connectivity index (χ2n) is 3.33. The molecule has 0 aliphatic rings. The van der Waals surface area contributed by atoms with Crippen LogP contribution in [-0.4, -0.2) is 16.5 Å². The lowest BCUT2D eigenvalue weighted by atomic mass is 10.3. The van der Waals surface area contributed by atoms with E-state index in [1.165, 1.54) is 11.1 Å². The van der Waals surface area contributed by atoms with Gasteiger partial charge in [0.25, 0.3) is 0 Å². The van der Waals surface area contributed by atoms with Crippen molar-refractivity contribution in [2.45, 2.75) is 6.42 Å². The minimum atomic E-state index is 0.181. The fourth-order valence-corrected chi connectivity index (χ4v) is 2.52. The molecule has 0 aliphatic carbocycles. The molecule has 0 atom stereocenters. The van der Waals surface area contributed by atoms with Crippen LogP contribution in [0.3, 0.4) is 0 Å². The lowest BCUT2D eigenvalue weighted by Crippen LogP contribution is -2.08. The van der Waals surface area contributed by atoms with Gasteiger partial charge in [-0.3, -0.25) is 0 Å². The number of nitrogens with zero attached hydrogens (tertiary/aromatic N) is 2. The van der Waals surface area contributed by atoms with Gasteiger partial charge < -0.3 is 11.1 Å². The van der Waals surface area contributed by atoms with Crippen molar-refractivity contribution >= 4 is 46.0 Å². The third-order valence-electron chi connectivity index (χ3n) is 2.08. The van der Waals surface area contributed by atoms with Gasteiger partial charge in [-0.05, 0) is 30.2 Å². The van der Waals surface area contributed by atoms with Gasteiger partial charge in [0.1, 0.15) is 0 Å². The highest BCUT2D eigenvalue weighted by Gasteiger charge is 2.03. The quantitative estimate of drug-likeness (QED) is 0.849. The molecule has 0 saturated carbocycles. The molecule has 0 spiro atoms. The number of halogens is 2. The number of hydrogen-bond donors (Lipinski definition) is 2. The highest BCUT2D eigenvalue weighted by molar-refractivity contribution is 7.16. The van der Waals surface area contributed by atoms with E-state index < -0.39 is 0 Å². The van der Waals surface area contributed by atoms with E-state index in [1.807, 2.05) is 12.1 Å². The van der Waals surface area contributed by atoms with Crippen LogP contribution in [0.5, 0.6) is 0 Å². The molecule has 2 aromatic heterocycles. The van der Waals surface area contributed by atoms with Gasteiger partial charge in [-0.15, -0.1) is 11.3 Å². The topological polar surface area (TPSA) is 63.8 Å². The maximum atomic E-state index is 5.84. The molecule has 4 nitrogen and oxygen atoms in total. The summed E-state index contributed by atoms with van der Waals surface area (Å²) in [6.45, 7) is 0.717. The smallest absolute Gasteiger partial charge is 0.224 e. The number of nitrogens with one attached hydrogen (secondary N) is 1. The first-order valence-corrected chi connectivity index (χ1v) is 6.48. The summed E-state index contributed by atoms with van der Waals surface area (Å²) in [5.41, 5.74) is 6.19. The van der Waals surface area contributed by atoms with E-state index in [0.717, 1.165) is 10.8 Å². The summed E-state index contributed by atoms with van der Waals surface area (Å²) in [6.07, 6.45) is 2.35. The second-order valence-corrected chi connectivity index (χ2v) is 5.46. The molecule has 90 valence electrons. The van der Waals surface area contributed by atoms with Gasteiger partial charge in [0, 0.05) is 11.4 Å². The summed E-state index contributed by atoms with van der Waals surface area (Å²) in [6, 6.07) is 3.89. The van der Waals surface area contributed by atoms with E-state index in [-0.39, 0.29) is 5.28 Å². The zero-order chi connectivity index (χ0) is 12.3. The van der Waals surface area contributed by atoms with Gasteiger partial charge in [0.2, 0.25) is 5.28 Å². The Balaban J connectivity index is 1.91. The average molecular weight is 289 g/mol. The zero-order valence-corrected chi connectivity index (χ0v) is 11.1. The van der Waals surface area contributed by atoms with E-state index in [1.54, 1.807) is 11.3 Å². The number of nitrogen functional groups attached to an aromatic ring is 1. The lowest BCUT2D eigenvalue weighted by Gasteiger charge is -2.06. The summed E-state index contributed by atoms with van der Waals surface area (Å²) in [4.78, 5) is 9.00. The van der Waals surface area contributed by atoms with Gasteiger partial charge in [-0.2, -0.15) is 4.98 Å². The Hall–Kier alpha value is -1.04. The highest BCUT2D eigenvalue weighted by atomic mass is 35.5. The lowest BCUT2D eigenvalue weighted by molar-refractivity contribution is 1.02. The Bertz CT molecular complexity index is 515.